The van der Waals surface area contributed by atoms with E-state index < -0.39 is 0 Å². The maximum atomic E-state index is 12.0. The van der Waals surface area contributed by atoms with Crippen molar-refractivity contribution in [3.63, 3.8) is 0 Å². The van der Waals surface area contributed by atoms with Gasteiger partial charge in [0.25, 0.3) is 5.91 Å². The molecule has 0 aliphatic heterocycles. The van der Waals surface area contributed by atoms with Crippen molar-refractivity contribution in [2.45, 2.75) is 27.2 Å². The van der Waals surface area contributed by atoms with Crippen LogP contribution in [0.3, 0.4) is 0 Å². The maximum Gasteiger partial charge on any atom is 0.254 e. The van der Waals surface area contributed by atoms with Crippen molar-refractivity contribution >= 4 is 21.8 Å². The average molecular weight is 315 g/mol. The highest BCUT2D eigenvalue weighted by atomic mass is 79.9. The molecule has 0 atom stereocenters. The van der Waals surface area contributed by atoms with Crippen LogP contribution < -0.4 is 5.32 Å². The number of rotatable bonds is 5. The quantitative estimate of drug-likeness (QED) is 0.820. The number of carbonyl (C=O) groups excluding carboxylic acids is 1. The van der Waals surface area contributed by atoms with Gasteiger partial charge in [-0.25, -0.2) is 4.98 Å². The van der Waals surface area contributed by atoms with Crippen LogP contribution in [0.1, 0.15) is 36.3 Å². The minimum atomic E-state index is -0.152. The zero-order chi connectivity index (χ0) is 13.8. The molecule has 0 radical (unpaired) electrons. The van der Waals surface area contributed by atoms with Crippen molar-refractivity contribution in [3.8, 4) is 0 Å². The number of nitrogens with zero attached hydrogens (tertiary/aromatic N) is 1. The average Bonchev–Trinajstić information content (AvgIpc) is 2.26. The lowest BCUT2D eigenvalue weighted by molar-refractivity contribution is 0.0927. The molecule has 0 fully saturated rings. The van der Waals surface area contributed by atoms with Gasteiger partial charge in [0.2, 0.25) is 0 Å². The van der Waals surface area contributed by atoms with Gasteiger partial charge < -0.3 is 10.4 Å². The van der Waals surface area contributed by atoms with E-state index in [9.17, 15) is 4.79 Å². The molecule has 0 aromatic carbocycles. The first-order chi connectivity index (χ1) is 8.35. The van der Waals surface area contributed by atoms with E-state index in [4.69, 9.17) is 5.11 Å². The van der Waals surface area contributed by atoms with E-state index in [1.807, 2.05) is 20.8 Å². The highest BCUT2D eigenvalue weighted by Crippen LogP contribution is 2.19. The maximum absolute atomic E-state index is 12.0. The zero-order valence-electron chi connectivity index (χ0n) is 11.0. The molecular weight excluding hydrogens is 296 g/mol. The molecular formula is C13H19BrN2O2. The number of hydrogen-bond acceptors (Lipinski definition) is 3. The first-order valence-electron chi connectivity index (χ1n) is 5.88. The summed E-state index contributed by atoms with van der Waals surface area (Å²) in [5.41, 5.74) is 1.27. The first kappa shape index (κ1) is 15.1. The first-order valence-corrected chi connectivity index (χ1v) is 6.67. The summed E-state index contributed by atoms with van der Waals surface area (Å²) >= 11 is 3.29. The number of aromatic nitrogens is 1. The van der Waals surface area contributed by atoms with Crippen LogP contribution >= 0.6 is 15.9 Å². The van der Waals surface area contributed by atoms with Crippen molar-refractivity contribution in [1.29, 1.82) is 0 Å². The zero-order valence-corrected chi connectivity index (χ0v) is 12.5. The third-order valence-corrected chi connectivity index (χ3v) is 3.35. The summed E-state index contributed by atoms with van der Waals surface area (Å²) in [5, 5.41) is 11.8. The van der Waals surface area contributed by atoms with Gasteiger partial charge in [-0.1, -0.05) is 13.8 Å². The van der Waals surface area contributed by atoms with Gasteiger partial charge in [0.05, 0.1) is 5.56 Å². The van der Waals surface area contributed by atoms with Gasteiger partial charge in [-0.2, -0.15) is 0 Å². The van der Waals surface area contributed by atoms with Crippen molar-refractivity contribution in [1.82, 2.24) is 10.3 Å². The Balaban J connectivity index is 2.66. The van der Waals surface area contributed by atoms with Crippen molar-refractivity contribution in [2.75, 3.05) is 13.2 Å². The van der Waals surface area contributed by atoms with Gasteiger partial charge in [-0.05, 0) is 46.8 Å². The molecule has 1 aromatic heterocycles. The van der Waals surface area contributed by atoms with Crippen LogP contribution in [-0.4, -0.2) is 29.1 Å². The van der Waals surface area contributed by atoms with E-state index in [2.05, 4.69) is 26.2 Å². The lowest BCUT2D eigenvalue weighted by Crippen LogP contribution is -2.34. The lowest BCUT2D eigenvalue weighted by Gasteiger charge is -2.23. The molecule has 2 N–H and O–H groups in total. The standard InChI is InChI=1S/C13H19BrN2O2/c1-9-4-5-10(11(14)16-9)12(18)15-8-13(2,3)6-7-17/h4-5,17H,6-8H2,1-3H3,(H,15,18). The number of halogens is 1. The lowest BCUT2D eigenvalue weighted by atomic mass is 9.90. The van der Waals surface area contributed by atoms with Crippen LogP contribution in [0.25, 0.3) is 0 Å². The molecule has 1 aromatic rings. The Bertz CT molecular complexity index is 433. The second-order valence-corrected chi connectivity index (χ2v) is 5.86. The fraction of sp³-hybridized carbons (Fsp3) is 0.538. The van der Waals surface area contributed by atoms with E-state index in [-0.39, 0.29) is 17.9 Å². The third-order valence-electron chi connectivity index (χ3n) is 2.75. The van der Waals surface area contributed by atoms with Gasteiger partial charge in [0, 0.05) is 18.8 Å². The Morgan fingerprint density at radius 3 is 2.72 bits per heavy atom. The van der Waals surface area contributed by atoms with Crippen molar-refractivity contribution in [3.05, 3.63) is 28.0 Å². The fourth-order valence-electron chi connectivity index (χ4n) is 1.50. The van der Waals surface area contributed by atoms with Crippen LogP contribution in [0.15, 0.2) is 16.7 Å². The Morgan fingerprint density at radius 1 is 1.50 bits per heavy atom. The predicted molar refractivity (Wildman–Crippen MR) is 74.5 cm³/mol. The number of amides is 1. The second-order valence-electron chi connectivity index (χ2n) is 5.11. The molecule has 0 saturated heterocycles. The molecule has 0 aliphatic rings. The van der Waals surface area contributed by atoms with E-state index in [0.717, 1.165) is 5.69 Å². The smallest absolute Gasteiger partial charge is 0.254 e. The molecule has 0 aliphatic carbocycles. The molecule has 4 nitrogen and oxygen atoms in total. The van der Waals surface area contributed by atoms with Gasteiger partial charge in [0.1, 0.15) is 4.60 Å². The SMILES string of the molecule is Cc1ccc(C(=O)NCC(C)(C)CCO)c(Br)n1. The van der Waals surface area contributed by atoms with E-state index in [1.54, 1.807) is 12.1 Å². The fourth-order valence-corrected chi connectivity index (χ4v) is 2.09. The van der Waals surface area contributed by atoms with Crippen LogP contribution in [0.4, 0.5) is 0 Å². The molecule has 1 heterocycles. The van der Waals surface area contributed by atoms with Gasteiger partial charge >= 0.3 is 0 Å². The largest absolute Gasteiger partial charge is 0.396 e. The molecule has 1 amide bonds. The van der Waals surface area contributed by atoms with Crippen LogP contribution in [0.5, 0.6) is 0 Å². The van der Waals surface area contributed by atoms with E-state index in [0.29, 0.717) is 23.1 Å². The summed E-state index contributed by atoms with van der Waals surface area (Å²) in [5.74, 6) is -0.152. The molecule has 18 heavy (non-hydrogen) atoms. The molecule has 5 heteroatoms. The summed E-state index contributed by atoms with van der Waals surface area (Å²) < 4.78 is 0.556. The van der Waals surface area contributed by atoms with Crippen LogP contribution in [0, 0.1) is 12.3 Å². The molecule has 1 rings (SSSR count). The van der Waals surface area contributed by atoms with E-state index in [1.165, 1.54) is 0 Å². The number of pyridine rings is 1. The third kappa shape index (κ3) is 4.38. The Morgan fingerprint density at radius 2 is 2.17 bits per heavy atom. The predicted octanol–water partition coefficient (Wildman–Crippen LogP) is 2.29. The minimum absolute atomic E-state index is 0.116. The number of aliphatic hydroxyl groups excluding tert-OH is 1. The summed E-state index contributed by atoms with van der Waals surface area (Å²) in [6, 6.07) is 3.55. The van der Waals surface area contributed by atoms with Gasteiger partial charge in [-0.3, -0.25) is 4.79 Å². The van der Waals surface area contributed by atoms with Gasteiger partial charge in [0.15, 0.2) is 0 Å². The number of aryl methyl sites for hydroxylation is 1. The summed E-state index contributed by atoms with van der Waals surface area (Å²) in [6.45, 7) is 6.53. The normalized spacial score (nSPS) is 11.4. The topological polar surface area (TPSA) is 62.2 Å². The molecule has 0 bridgehead atoms. The van der Waals surface area contributed by atoms with Crippen molar-refractivity contribution < 1.29 is 9.90 Å². The second kappa shape index (κ2) is 6.29. The Kier molecular flexibility index (Phi) is 5.28. The van der Waals surface area contributed by atoms with Crippen molar-refractivity contribution in [2.24, 2.45) is 5.41 Å². The molecule has 0 unspecified atom stereocenters. The number of nitrogens with one attached hydrogen (secondary N) is 1. The minimum Gasteiger partial charge on any atom is -0.396 e. The van der Waals surface area contributed by atoms with Crippen LogP contribution in [0.2, 0.25) is 0 Å². The van der Waals surface area contributed by atoms with Crippen LogP contribution in [-0.2, 0) is 0 Å². The number of aliphatic hydroxyl groups is 1. The molecule has 100 valence electrons. The Labute approximate surface area is 116 Å². The summed E-state index contributed by atoms with van der Waals surface area (Å²) in [4.78, 5) is 16.2. The molecule has 0 spiro atoms. The van der Waals surface area contributed by atoms with E-state index >= 15 is 0 Å². The highest BCUT2D eigenvalue weighted by Gasteiger charge is 2.19. The summed E-state index contributed by atoms with van der Waals surface area (Å²) in [7, 11) is 0. The number of carbonyl (C=O) groups is 1. The van der Waals surface area contributed by atoms with Gasteiger partial charge in [-0.15, -0.1) is 0 Å². The molecule has 0 saturated carbocycles. The summed E-state index contributed by atoms with van der Waals surface area (Å²) in [6.07, 6.45) is 0.653. The highest BCUT2D eigenvalue weighted by molar-refractivity contribution is 9.10. The Hall–Kier alpha value is -0.940. The number of hydrogen-bond donors (Lipinski definition) is 2. The monoisotopic (exact) mass is 314 g/mol.